The number of nitriles is 1. The lowest BCUT2D eigenvalue weighted by Crippen LogP contribution is -2.30. The molecule has 3 heterocycles. The van der Waals surface area contributed by atoms with Crippen LogP contribution in [-0.4, -0.2) is 39.1 Å². The molecule has 1 saturated heterocycles. The van der Waals surface area contributed by atoms with E-state index in [1.807, 2.05) is 36.9 Å². The van der Waals surface area contributed by atoms with E-state index >= 15 is 0 Å². The average Bonchev–Trinajstić information content (AvgIpc) is 3.40. The SMILES string of the molecule is COc1cccc(C2CCCN2C(=O)CCc2c(C)nc3c(C#N)cnn3c2C)c1. The summed E-state index contributed by atoms with van der Waals surface area (Å²) in [6.07, 6.45) is 4.52. The molecule has 2 aromatic heterocycles. The first-order chi connectivity index (χ1) is 14.5. The van der Waals surface area contributed by atoms with Crippen LogP contribution in [0.3, 0.4) is 0 Å². The standard InChI is InChI=1S/C23H25N5O2/c1-15-20(16(2)28-23(26-15)18(13-24)14-25-28)9-10-22(29)27-11-5-8-21(27)17-6-4-7-19(12-17)30-3/h4,6-7,12,14,21H,5,8-11H2,1-3H3. The first-order valence-electron chi connectivity index (χ1n) is 10.2. The Labute approximate surface area is 175 Å². The Hall–Kier alpha value is -3.40. The minimum absolute atomic E-state index is 0.0969. The van der Waals surface area contributed by atoms with Crippen LogP contribution in [0.2, 0.25) is 0 Å². The molecule has 1 unspecified atom stereocenters. The Kier molecular flexibility index (Phi) is 5.40. The highest BCUT2D eigenvalue weighted by molar-refractivity contribution is 5.77. The molecule has 0 saturated carbocycles. The van der Waals surface area contributed by atoms with E-state index in [1.54, 1.807) is 11.6 Å². The number of aryl methyl sites for hydroxylation is 2. The number of benzene rings is 1. The van der Waals surface area contributed by atoms with E-state index in [1.165, 1.54) is 6.20 Å². The lowest BCUT2D eigenvalue weighted by Gasteiger charge is -2.25. The van der Waals surface area contributed by atoms with Crippen LogP contribution in [-0.2, 0) is 11.2 Å². The number of methoxy groups -OCH3 is 1. The molecule has 154 valence electrons. The van der Waals surface area contributed by atoms with Gasteiger partial charge in [-0.15, -0.1) is 0 Å². The molecule has 3 aromatic rings. The van der Waals surface area contributed by atoms with Crippen molar-refractivity contribution in [1.82, 2.24) is 19.5 Å². The molecular weight excluding hydrogens is 378 g/mol. The largest absolute Gasteiger partial charge is 0.497 e. The molecule has 30 heavy (non-hydrogen) atoms. The number of amides is 1. The van der Waals surface area contributed by atoms with Gasteiger partial charge in [-0.25, -0.2) is 9.50 Å². The molecule has 0 N–H and O–H groups in total. The maximum atomic E-state index is 13.1. The van der Waals surface area contributed by atoms with Gasteiger partial charge in [-0.1, -0.05) is 12.1 Å². The van der Waals surface area contributed by atoms with Crippen LogP contribution in [0.5, 0.6) is 5.75 Å². The number of carbonyl (C=O) groups excluding carboxylic acids is 1. The van der Waals surface area contributed by atoms with Crippen molar-refractivity contribution in [3.05, 3.63) is 58.5 Å². The zero-order valence-electron chi connectivity index (χ0n) is 17.6. The van der Waals surface area contributed by atoms with Gasteiger partial charge in [0.15, 0.2) is 5.65 Å². The Balaban J connectivity index is 1.52. The predicted molar refractivity (Wildman–Crippen MR) is 112 cm³/mol. The highest BCUT2D eigenvalue weighted by atomic mass is 16.5. The van der Waals surface area contributed by atoms with E-state index in [4.69, 9.17) is 4.74 Å². The first kappa shape index (κ1) is 19.9. The van der Waals surface area contributed by atoms with Gasteiger partial charge in [0.1, 0.15) is 17.4 Å². The molecule has 0 spiro atoms. The van der Waals surface area contributed by atoms with E-state index in [2.05, 4.69) is 22.2 Å². The third-order valence-corrected chi connectivity index (χ3v) is 5.97. The molecule has 4 rings (SSSR count). The molecular formula is C23H25N5O2. The van der Waals surface area contributed by atoms with Gasteiger partial charge in [0.05, 0.1) is 19.3 Å². The maximum Gasteiger partial charge on any atom is 0.223 e. The number of fused-ring (bicyclic) bond motifs is 1. The quantitative estimate of drug-likeness (QED) is 0.651. The van der Waals surface area contributed by atoms with Gasteiger partial charge in [-0.3, -0.25) is 4.79 Å². The number of aromatic nitrogens is 3. The van der Waals surface area contributed by atoms with Crippen molar-refractivity contribution in [3.63, 3.8) is 0 Å². The number of hydrogen-bond donors (Lipinski definition) is 0. The summed E-state index contributed by atoms with van der Waals surface area (Å²) < 4.78 is 7.04. The van der Waals surface area contributed by atoms with E-state index in [9.17, 15) is 10.1 Å². The minimum atomic E-state index is 0.0969. The van der Waals surface area contributed by atoms with Crippen molar-refractivity contribution in [1.29, 1.82) is 5.26 Å². The van der Waals surface area contributed by atoms with Gasteiger partial charge in [0.25, 0.3) is 0 Å². The summed E-state index contributed by atoms with van der Waals surface area (Å²) >= 11 is 0. The van der Waals surface area contributed by atoms with Gasteiger partial charge < -0.3 is 9.64 Å². The smallest absolute Gasteiger partial charge is 0.223 e. The number of carbonyl (C=O) groups is 1. The third-order valence-electron chi connectivity index (χ3n) is 5.97. The molecule has 1 aliphatic rings. The fourth-order valence-electron chi connectivity index (χ4n) is 4.39. The Morgan fingerprint density at radius 3 is 2.97 bits per heavy atom. The van der Waals surface area contributed by atoms with Gasteiger partial charge in [0.2, 0.25) is 5.91 Å². The van der Waals surface area contributed by atoms with Crippen molar-refractivity contribution < 1.29 is 9.53 Å². The zero-order valence-corrected chi connectivity index (χ0v) is 17.6. The van der Waals surface area contributed by atoms with Crippen LogP contribution in [0.4, 0.5) is 0 Å². The number of ether oxygens (including phenoxy) is 1. The molecule has 7 heteroatoms. The molecule has 0 aliphatic carbocycles. The van der Waals surface area contributed by atoms with Gasteiger partial charge in [0, 0.05) is 24.4 Å². The number of nitrogens with zero attached hydrogens (tertiary/aromatic N) is 5. The molecule has 1 amide bonds. The summed E-state index contributed by atoms with van der Waals surface area (Å²) in [5, 5.41) is 13.5. The second-order valence-corrected chi connectivity index (χ2v) is 7.69. The summed E-state index contributed by atoms with van der Waals surface area (Å²) in [4.78, 5) is 19.7. The van der Waals surface area contributed by atoms with Crippen LogP contribution >= 0.6 is 0 Å². The molecule has 1 aromatic carbocycles. The monoisotopic (exact) mass is 403 g/mol. The van der Waals surface area contributed by atoms with Crippen LogP contribution in [0, 0.1) is 25.2 Å². The normalized spacial score (nSPS) is 16.1. The number of rotatable bonds is 5. The fourth-order valence-corrected chi connectivity index (χ4v) is 4.39. The number of hydrogen-bond acceptors (Lipinski definition) is 5. The summed E-state index contributed by atoms with van der Waals surface area (Å²) in [6.45, 7) is 4.67. The van der Waals surface area contributed by atoms with Crippen molar-refractivity contribution in [3.8, 4) is 11.8 Å². The fraction of sp³-hybridized carbons (Fsp3) is 0.391. The second-order valence-electron chi connectivity index (χ2n) is 7.69. The van der Waals surface area contributed by atoms with Crippen molar-refractivity contribution >= 4 is 11.6 Å². The van der Waals surface area contributed by atoms with Crippen LogP contribution in [0.15, 0.2) is 30.5 Å². The lowest BCUT2D eigenvalue weighted by molar-refractivity contribution is -0.132. The van der Waals surface area contributed by atoms with Crippen molar-refractivity contribution in [2.75, 3.05) is 13.7 Å². The predicted octanol–water partition coefficient (Wildman–Crippen LogP) is 3.52. The zero-order chi connectivity index (χ0) is 21.3. The molecule has 0 radical (unpaired) electrons. The van der Waals surface area contributed by atoms with Crippen molar-refractivity contribution in [2.45, 2.75) is 45.6 Å². The Morgan fingerprint density at radius 1 is 1.37 bits per heavy atom. The van der Waals surface area contributed by atoms with Crippen LogP contribution in [0.1, 0.15) is 53.4 Å². The Morgan fingerprint density at radius 2 is 2.20 bits per heavy atom. The van der Waals surface area contributed by atoms with Gasteiger partial charge in [-0.2, -0.15) is 10.4 Å². The molecule has 1 atom stereocenters. The molecule has 1 aliphatic heterocycles. The summed E-state index contributed by atoms with van der Waals surface area (Å²) in [5.74, 6) is 0.964. The summed E-state index contributed by atoms with van der Waals surface area (Å²) in [5.41, 5.74) is 4.94. The van der Waals surface area contributed by atoms with E-state index < -0.39 is 0 Å². The third kappa shape index (κ3) is 3.50. The van der Waals surface area contributed by atoms with E-state index in [0.717, 1.165) is 47.7 Å². The van der Waals surface area contributed by atoms with E-state index in [-0.39, 0.29) is 11.9 Å². The highest BCUT2D eigenvalue weighted by Crippen LogP contribution is 2.34. The minimum Gasteiger partial charge on any atom is -0.497 e. The highest BCUT2D eigenvalue weighted by Gasteiger charge is 2.30. The molecule has 0 bridgehead atoms. The molecule has 1 fully saturated rings. The lowest BCUT2D eigenvalue weighted by atomic mass is 10.0. The maximum absolute atomic E-state index is 13.1. The average molecular weight is 403 g/mol. The molecule has 7 nitrogen and oxygen atoms in total. The van der Waals surface area contributed by atoms with Crippen LogP contribution in [0.25, 0.3) is 5.65 Å². The van der Waals surface area contributed by atoms with E-state index in [0.29, 0.717) is 24.1 Å². The number of likely N-dealkylation sites (tertiary alicyclic amines) is 1. The summed E-state index contributed by atoms with van der Waals surface area (Å²) in [6, 6.07) is 10.2. The Bertz CT molecular complexity index is 1140. The first-order valence-corrected chi connectivity index (χ1v) is 10.2. The van der Waals surface area contributed by atoms with Crippen LogP contribution < -0.4 is 4.74 Å². The van der Waals surface area contributed by atoms with Gasteiger partial charge in [-0.05, 0) is 56.4 Å². The topological polar surface area (TPSA) is 83.5 Å². The van der Waals surface area contributed by atoms with Crippen molar-refractivity contribution in [2.24, 2.45) is 0 Å². The summed E-state index contributed by atoms with van der Waals surface area (Å²) in [7, 11) is 1.66. The van der Waals surface area contributed by atoms with Gasteiger partial charge >= 0.3 is 0 Å². The second kappa shape index (κ2) is 8.15.